The van der Waals surface area contributed by atoms with Crippen molar-refractivity contribution in [2.75, 3.05) is 26.2 Å². The van der Waals surface area contributed by atoms with Crippen molar-refractivity contribution in [2.45, 2.75) is 38.6 Å². The highest BCUT2D eigenvalue weighted by atomic mass is 35.5. The van der Waals surface area contributed by atoms with E-state index in [1.54, 1.807) is 36.1 Å². The molecule has 0 aliphatic carbocycles. The van der Waals surface area contributed by atoms with Crippen molar-refractivity contribution in [3.63, 3.8) is 0 Å². The average Bonchev–Trinajstić information content (AvgIpc) is 2.66. The van der Waals surface area contributed by atoms with Crippen LogP contribution in [0.2, 0.25) is 5.02 Å². The van der Waals surface area contributed by atoms with Gasteiger partial charge in [-0.15, -0.1) is 0 Å². The van der Waals surface area contributed by atoms with E-state index in [4.69, 9.17) is 16.3 Å². The molecule has 7 nitrogen and oxygen atoms in total. The third kappa shape index (κ3) is 7.09. The fraction of sp³-hybridized carbons (Fsp3) is 0.526. The second-order valence-corrected chi connectivity index (χ2v) is 6.83. The lowest BCUT2D eigenvalue weighted by molar-refractivity contribution is -0.122. The van der Waals surface area contributed by atoms with Crippen LogP contribution >= 0.6 is 11.6 Å². The van der Waals surface area contributed by atoms with Gasteiger partial charge in [-0.1, -0.05) is 17.7 Å². The van der Waals surface area contributed by atoms with Crippen molar-refractivity contribution >= 4 is 29.5 Å². The summed E-state index contributed by atoms with van der Waals surface area (Å²) in [5.41, 5.74) is 0.500. The van der Waals surface area contributed by atoms with Crippen LogP contribution in [0.4, 0.5) is 4.79 Å². The first-order valence-electron chi connectivity index (χ1n) is 9.24. The molecular weight excluding hydrogens is 370 g/mol. The Labute approximate surface area is 164 Å². The summed E-state index contributed by atoms with van der Waals surface area (Å²) in [5, 5.41) is 6.28. The topological polar surface area (TPSA) is 87.7 Å². The molecule has 0 aromatic heterocycles. The van der Waals surface area contributed by atoms with Crippen molar-refractivity contribution in [3.8, 4) is 0 Å². The molecule has 0 unspecified atom stereocenters. The van der Waals surface area contributed by atoms with E-state index < -0.39 is 0 Å². The van der Waals surface area contributed by atoms with Gasteiger partial charge in [0.2, 0.25) is 5.91 Å². The molecule has 1 saturated heterocycles. The van der Waals surface area contributed by atoms with Crippen LogP contribution in [-0.4, -0.2) is 55.1 Å². The lowest BCUT2D eigenvalue weighted by Gasteiger charge is -2.31. The van der Waals surface area contributed by atoms with E-state index in [0.717, 1.165) is 12.8 Å². The van der Waals surface area contributed by atoms with Gasteiger partial charge in [0, 0.05) is 42.7 Å². The number of ether oxygens (including phenoxy) is 1. The van der Waals surface area contributed by atoms with E-state index >= 15 is 0 Å². The predicted octanol–water partition coefficient (Wildman–Crippen LogP) is 2.59. The van der Waals surface area contributed by atoms with Crippen molar-refractivity contribution < 1.29 is 19.1 Å². The van der Waals surface area contributed by atoms with Crippen molar-refractivity contribution in [3.05, 3.63) is 34.9 Å². The van der Waals surface area contributed by atoms with Crippen molar-refractivity contribution in [1.29, 1.82) is 0 Å². The number of nitrogens with zero attached hydrogens (tertiary/aromatic N) is 1. The standard InChI is InChI=1S/C19H26ClN3O4/c1-2-27-19(26)23-11-8-16(9-12-23)22-17(24)7-4-10-21-18(25)14-5-3-6-15(20)13-14/h3,5-6,13,16H,2,4,7-12H2,1H3,(H,21,25)(H,22,24). The predicted molar refractivity (Wildman–Crippen MR) is 103 cm³/mol. The summed E-state index contributed by atoms with van der Waals surface area (Å²) in [7, 11) is 0. The molecule has 148 valence electrons. The number of benzene rings is 1. The number of piperidine rings is 1. The van der Waals surface area contributed by atoms with Crippen LogP contribution in [0.1, 0.15) is 43.0 Å². The van der Waals surface area contributed by atoms with Crippen molar-refractivity contribution in [1.82, 2.24) is 15.5 Å². The van der Waals surface area contributed by atoms with Crippen LogP contribution in [0.5, 0.6) is 0 Å². The van der Waals surface area contributed by atoms with Crippen LogP contribution in [0.15, 0.2) is 24.3 Å². The number of rotatable bonds is 7. The smallest absolute Gasteiger partial charge is 0.409 e. The maximum Gasteiger partial charge on any atom is 0.409 e. The van der Waals surface area contributed by atoms with Gasteiger partial charge in [0.15, 0.2) is 0 Å². The number of nitrogens with one attached hydrogen (secondary N) is 2. The summed E-state index contributed by atoms with van der Waals surface area (Å²) in [6.07, 6.45) is 2.04. The van der Waals surface area contributed by atoms with Gasteiger partial charge in [0.1, 0.15) is 0 Å². The Morgan fingerprint density at radius 3 is 2.67 bits per heavy atom. The number of amides is 3. The minimum Gasteiger partial charge on any atom is -0.450 e. The highest BCUT2D eigenvalue weighted by Crippen LogP contribution is 2.12. The summed E-state index contributed by atoms with van der Waals surface area (Å²) in [6.45, 7) is 3.73. The van der Waals surface area contributed by atoms with Gasteiger partial charge >= 0.3 is 6.09 Å². The van der Waals surface area contributed by atoms with Gasteiger partial charge in [-0.2, -0.15) is 0 Å². The van der Waals surface area contributed by atoms with Gasteiger partial charge < -0.3 is 20.3 Å². The first kappa shape index (κ1) is 21.0. The van der Waals surface area contributed by atoms with Crippen LogP contribution in [0.3, 0.4) is 0 Å². The van der Waals surface area contributed by atoms with E-state index in [1.165, 1.54) is 0 Å². The summed E-state index contributed by atoms with van der Waals surface area (Å²) < 4.78 is 4.98. The number of carbonyl (C=O) groups excluding carboxylic acids is 3. The van der Waals surface area contributed by atoms with Gasteiger partial charge in [0.25, 0.3) is 5.91 Å². The third-order valence-electron chi connectivity index (χ3n) is 4.34. The SMILES string of the molecule is CCOC(=O)N1CCC(NC(=O)CCCNC(=O)c2cccc(Cl)c2)CC1. The molecule has 27 heavy (non-hydrogen) atoms. The van der Waals surface area contributed by atoms with E-state index in [2.05, 4.69) is 10.6 Å². The molecule has 1 aliphatic rings. The van der Waals surface area contributed by atoms with Gasteiger partial charge in [-0.3, -0.25) is 9.59 Å². The van der Waals surface area contributed by atoms with Crippen LogP contribution < -0.4 is 10.6 Å². The second-order valence-electron chi connectivity index (χ2n) is 6.40. The van der Waals surface area contributed by atoms with Crippen molar-refractivity contribution in [2.24, 2.45) is 0 Å². The van der Waals surface area contributed by atoms with E-state index in [9.17, 15) is 14.4 Å². The number of halogens is 1. The molecule has 1 aromatic carbocycles. The Hall–Kier alpha value is -2.28. The summed E-state index contributed by atoms with van der Waals surface area (Å²) >= 11 is 5.86. The fourth-order valence-corrected chi connectivity index (χ4v) is 3.09. The zero-order valence-electron chi connectivity index (χ0n) is 15.5. The molecule has 2 N–H and O–H groups in total. The Kier molecular flexibility index (Phi) is 8.39. The molecule has 0 saturated carbocycles. The fourth-order valence-electron chi connectivity index (χ4n) is 2.90. The molecule has 1 heterocycles. The largest absolute Gasteiger partial charge is 0.450 e. The van der Waals surface area contributed by atoms with Crippen LogP contribution in [-0.2, 0) is 9.53 Å². The third-order valence-corrected chi connectivity index (χ3v) is 4.57. The minimum absolute atomic E-state index is 0.0402. The first-order valence-corrected chi connectivity index (χ1v) is 9.62. The Morgan fingerprint density at radius 1 is 1.26 bits per heavy atom. The van der Waals surface area contributed by atoms with Gasteiger partial charge in [-0.05, 0) is 44.4 Å². The number of hydrogen-bond donors (Lipinski definition) is 2. The van der Waals surface area contributed by atoms with Gasteiger partial charge in [0.05, 0.1) is 6.61 Å². The zero-order chi connectivity index (χ0) is 19.6. The Bertz CT molecular complexity index is 660. The molecule has 8 heteroatoms. The average molecular weight is 396 g/mol. The zero-order valence-corrected chi connectivity index (χ0v) is 16.3. The van der Waals surface area contributed by atoms with Crippen LogP contribution in [0.25, 0.3) is 0 Å². The molecule has 1 aromatic rings. The monoisotopic (exact) mass is 395 g/mol. The summed E-state index contributed by atoms with van der Waals surface area (Å²) in [5.74, 6) is -0.245. The second kappa shape index (κ2) is 10.8. The Morgan fingerprint density at radius 2 is 2.00 bits per heavy atom. The molecule has 3 amide bonds. The summed E-state index contributed by atoms with van der Waals surface area (Å²) in [4.78, 5) is 37.3. The summed E-state index contributed by atoms with van der Waals surface area (Å²) in [6, 6.07) is 6.80. The molecule has 0 bridgehead atoms. The van der Waals surface area contributed by atoms with E-state index in [0.29, 0.717) is 49.7 Å². The molecule has 2 rings (SSSR count). The molecule has 0 radical (unpaired) electrons. The number of carbonyl (C=O) groups is 3. The lowest BCUT2D eigenvalue weighted by atomic mass is 10.1. The molecule has 0 spiro atoms. The molecule has 1 aliphatic heterocycles. The number of hydrogen-bond acceptors (Lipinski definition) is 4. The maximum atomic E-state index is 12.0. The highest BCUT2D eigenvalue weighted by Gasteiger charge is 2.24. The lowest BCUT2D eigenvalue weighted by Crippen LogP contribution is -2.46. The Balaban J connectivity index is 1.60. The quantitative estimate of drug-likeness (QED) is 0.694. The molecule has 0 atom stereocenters. The van der Waals surface area contributed by atoms with Gasteiger partial charge in [-0.25, -0.2) is 4.79 Å². The normalized spacial score (nSPS) is 14.5. The minimum atomic E-state index is -0.294. The van der Waals surface area contributed by atoms with E-state index in [-0.39, 0.29) is 23.9 Å². The molecular formula is C19H26ClN3O4. The first-order chi connectivity index (χ1) is 13.0. The van der Waals surface area contributed by atoms with Crippen LogP contribution in [0, 0.1) is 0 Å². The van der Waals surface area contributed by atoms with E-state index in [1.807, 2.05) is 0 Å². The highest BCUT2D eigenvalue weighted by molar-refractivity contribution is 6.30. The number of likely N-dealkylation sites (tertiary alicyclic amines) is 1. The molecule has 1 fully saturated rings. The maximum absolute atomic E-state index is 12.0.